The average molecular weight is 385 g/mol. The van der Waals surface area contributed by atoms with Crippen molar-refractivity contribution in [3.05, 3.63) is 12.2 Å². The fraction of sp³-hybridized carbons (Fsp3) is 0.800. The molecule has 0 aromatic rings. The molecule has 7 nitrogen and oxygen atoms in total. The lowest BCUT2D eigenvalue weighted by Crippen LogP contribution is -2.38. The van der Waals surface area contributed by atoms with Crippen molar-refractivity contribution in [2.24, 2.45) is 0 Å². The van der Waals surface area contributed by atoms with E-state index in [0.29, 0.717) is 52.4 Å². The molecule has 0 aliphatic carbocycles. The molecule has 156 valence electrons. The fourth-order valence-corrected chi connectivity index (χ4v) is 2.57. The lowest BCUT2D eigenvalue weighted by atomic mass is 10.2. The third kappa shape index (κ3) is 11.9. The Bertz CT molecular complexity index is 442. The summed E-state index contributed by atoms with van der Waals surface area (Å²) in [6.07, 6.45) is 7.11. The van der Waals surface area contributed by atoms with Crippen LogP contribution in [0.2, 0.25) is 0 Å². The monoisotopic (exact) mass is 384 g/mol. The van der Waals surface area contributed by atoms with Crippen LogP contribution in [0.15, 0.2) is 12.2 Å². The van der Waals surface area contributed by atoms with Gasteiger partial charge in [0.2, 0.25) is 5.91 Å². The number of ether oxygens (including phenoxy) is 3. The summed E-state index contributed by atoms with van der Waals surface area (Å²) in [5.41, 5.74) is 0. The number of hydrogen-bond acceptors (Lipinski definition) is 6. The van der Waals surface area contributed by atoms with E-state index >= 15 is 0 Å². The molecule has 0 atom stereocenters. The van der Waals surface area contributed by atoms with E-state index in [1.807, 2.05) is 0 Å². The summed E-state index contributed by atoms with van der Waals surface area (Å²) in [5.74, 6) is -0.360. The third-order valence-corrected chi connectivity index (χ3v) is 4.36. The van der Waals surface area contributed by atoms with Gasteiger partial charge in [-0.1, -0.05) is 13.0 Å². The van der Waals surface area contributed by atoms with E-state index in [9.17, 15) is 9.59 Å². The molecule has 0 aromatic carbocycles. The first kappa shape index (κ1) is 23.8. The van der Waals surface area contributed by atoms with Gasteiger partial charge in [-0.25, -0.2) is 0 Å². The largest absolute Gasteiger partial charge is 0.381 e. The molecule has 0 N–H and O–H groups in total. The third-order valence-electron chi connectivity index (χ3n) is 4.36. The van der Waals surface area contributed by atoms with Crippen molar-refractivity contribution in [2.75, 3.05) is 66.3 Å². The lowest BCUT2D eigenvalue weighted by molar-refractivity contribution is -0.142. The Morgan fingerprint density at radius 2 is 1.56 bits per heavy atom. The zero-order valence-corrected chi connectivity index (χ0v) is 17.0. The Balaban J connectivity index is 1.79. The smallest absolute Gasteiger partial charge is 0.252 e. The van der Waals surface area contributed by atoms with Crippen molar-refractivity contribution in [3.8, 4) is 0 Å². The Morgan fingerprint density at radius 1 is 0.926 bits per heavy atom. The van der Waals surface area contributed by atoms with Gasteiger partial charge in [0.05, 0.1) is 13.2 Å². The highest BCUT2D eigenvalue weighted by Crippen LogP contribution is 2.05. The second-order valence-corrected chi connectivity index (χ2v) is 6.64. The number of amides is 2. The maximum Gasteiger partial charge on any atom is 0.252 e. The van der Waals surface area contributed by atoms with Gasteiger partial charge in [-0.15, -0.1) is 0 Å². The van der Waals surface area contributed by atoms with E-state index < -0.39 is 0 Å². The van der Waals surface area contributed by atoms with Crippen molar-refractivity contribution < 1.29 is 23.8 Å². The number of unbranched alkanes of at least 4 members (excludes halogenated alkanes) is 1. The Labute approximate surface area is 163 Å². The standard InChI is InChI=1S/C20H36N2O5/c1-3-21(2)11-4-5-13-26-17-18-27-16-8-15-25-14-7-12-22-19(23)9-6-10-20(22)24/h6,9H,3-5,7-8,10-18H2,1-2H3. The van der Waals surface area contributed by atoms with E-state index in [0.717, 1.165) is 32.5 Å². The highest BCUT2D eigenvalue weighted by molar-refractivity contribution is 6.04. The second kappa shape index (κ2) is 15.7. The van der Waals surface area contributed by atoms with Gasteiger partial charge >= 0.3 is 0 Å². The van der Waals surface area contributed by atoms with Gasteiger partial charge < -0.3 is 19.1 Å². The van der Waals surface area contributed by atoms with Crippen LogP contribution in [0.3, 0.4) is 0 Å². The van der Waals surface area contributed by atoms with Crippen molar-refractivity contribution >= 4 is 11.8 Å². The molecule has 2 amide bonds. The van der Waals surface area contributed by atoms with Gasteiger partial charge in [-0.3, -0.25) is 14.5 Å². The lowest BCUT2D eigenvalue weighted by Gasteiger charge is -2.21. The highest BCUT2D eigenvalue weighted by Gasteiger charge is 2.20. The number of nitrogens with zero attached hydrogens (tertiary/aromatic N) is 2. The van der Waals surface area contributed by atoms with Crippen LogP contribution in [-0.2, 0) is 23.8 Å². The predicted octanol–water partition coefficient (Wildman–Crippen LogP) is 1.86. The van der Waals surface area contributed by atoms with Crippen molar-refractivity contribution in [3.63, 3.8) is 0 Å². The van der Waals surface area contributed by atoms with Crippen molar-refractivity contribution in [1.29, 1.82) is 0 Å². The molecule has 1 rings (SSSR count). The summed E-state index contributed by atoms with van der Waals surface area (Å²) in [7, 11) is 2.13. The Kier molecular flexibility index (Phi) is 13.9. The minimum Gasteiger partial charge on any atom is -0.381 e. The molecule has 0 aromatic heterocycles. The van der Waals surface area contributed by atoms with E-state index in [4.69, 9.17) is 14.2 Å². The van der Waals surface area contributed by atoms with Crippen LogP contribution in [0.4, 0.5) is 0 Å². The van der Waals surface area contributed by atoms with Gasteiger partial charge in [0.1, 0.15) is 0 Å². The van der Waals surface area contributed by atoms with Crippen LogP contribution in [0.5, 0.6) is 0 Å². The van der Waals surface area contributed by atoms with Gasteiger partial charge in [0, 0.05) is 45.5 Å². The first-order valence-corrected chi connectivity index (χ1v) is 10.1. The summed E-state index contributed by atoms with van der Waals surface area (Å²) >= 11 is 0. The molecule has 0 fully saturated rings. The predicted molar refractivity (Wildman–Crippen MR) is 105 cm³/mol. The number of hydrogen-bond donors (Lipinski definition) is 0. The molecule has 0 bridgehead atoms. The van der Waals surface area contributed by atoms with Gasteiger partial charge in [0.25, 0.3) is 5.91 Å². The second-order valence-electron chi connectivity index (χ2n) is 6.64. The summed E-state index contributed by atoms with van der Waals surface area (Å²) in [5, 5.41) is 0. The van der Waals surface area contributed by atoms with Gasteiger partial charge in [-0.2, -0.15) is 0 Å². The first-order chi connectivity index (χ1) is 13.1. The van der Waals surface area contributed by atoms with Crippen LogP contribution in [-0.4, -0.2) is 87.9 Å². The normalized spacial score (nSPS) is 14.6. The van der Waals surface area contributed by atoms with E-state index in [-0.39, 0.29) is 11.8 Å². The van der Waals surface area contributed by atoms with E-state index in [2.05, 4.69) is 18.9 Å². The maximum absolute atomic E-state index is 11.6. The Morgan fingerprint density at radius 3 is 2.22 bits per heavy atom. The molecule has 27 heavy (non-hydrogen) atoms. The zero-order chi connectivity index (χ0) is 19.7. The first-order valence-electron chi connectivity index (χ1n) is 10.1. The minimum atomic E-state index is -0.227. The topological polar surface area (TPSA) is 68.3 Å². The molecule has 7 heteroatoms. The quantitative estimate of drug-likeness (QED) is 0.282. The van der Waals surface area contributed by atoms with Crippen molar-refractivity contribution in [2.45, 2.75) is 39.0 Å². The van der Waals surface area contributed by atoms with Crippen molar-refractivity contribution in [1.82, 2.24) is 9.80 Å². The molecule has 1 heterocycles. The Hall–Kier alpha value is -1.28. The number of carbonyl (C=O) groups excluding carboxylic acids is 2. The maximum atomic E-state index is 11.6. The zero-order valence-electron chi connectivity index (χ0n) is 17.0. The number of carbonyl (C=O) groups is 2. The van der Waals surface area contributed by atoms with Crippen LogP contribution >= 0.6 is 0 Å². The molecule has 0 spiro atoms. The average Bonchev–Trinajstić information content (AvgIpc) is 2.66. The molecule has 1 aliphatic rings. The number of rotatable bonds is 17. The molecule has 0 saturated heterocycles. The van der Waals surface area contributed by atoms with E-state index in [1.165, 1.54) is 17.4 Å². The molecule has 1 aliphatic heterocycles. The summed E-state index contributed by atoms with van der Waals surface area (Å²) in [6, 6.07) is 0. The summed E-state index contributed by atoms with van der Waals surface area (Å²) < 4.78 is 16.6. The van der Waals surface area contributed by atoms with Crippen LogP contribution in [0.25, 0.3) is 0 Å². The highest BCUT2D eigenvalue weighted by atomic mass is 16.5. The van der Waals surface area contributed by atoms with Gasteiger partial charge in [-0.05, 0) is 45.8 Å². The summed E-state index contributed by atoms with van der Waals surface area (Å²) in [6.45, 7) is 8.65. The fourth-order valence-electron chi connectivity index (χ4n) is 2.57. The molecule has 0 unspecified atom stereocenters. The van der Waals surface area contributed by atoms with Crippen LogP contribution in [0.1, 0.15) is 39.0 Å². The minimum absolute atomic E-state index is 0.133. The molecule has 0 radical (unpaired) electrons. The number of imide groups is 1. The van der Waals surface area contributed by atoms with E-state index in [1.54, 1.807) is 6.08 Å². The SMILES string of the molecule is CCN(C)CCCCOCCOCCCOCCCN1C(=O)C=CCC1=O. The van der Waals surface area contributed by atoms with Crippen LogP contribution in [0, 0.1) is 0 Å². The van der Waals surface area contributed by atoms with Crippen LogP contribution < -0.4 is 0 Å². The molecule has 0 saturated carbocycles. The summed E-state index contributed by atoms with van der Waals surface area (Å²) in [4.78, 5) is 26.7. The molecular weight excluding hydrogens is 348 g/mol. The van der Waals surface area contributed by atoms with Gasteiger partial charge in [0.15, 0.2) is 0 Å². The molecular formula is C20H36N2O5.